The Bertz CT molecular complexity index is 2780. The van der Waals surface area contributed by atoms with Crippen LogP contribution in [-0.4, -0.2) is 0 Å². The van der Waals surface area contributed by atoms with E-state index in [1.807, 2.05) is 12.1 Å². The zero-order valence-corrected chi connectivity index (χ0v) is 25.6. The van der Waals surface area contributed by atoms with Crippen LogP contribution in [0, 0.1) is 0 Å². The summed E-state index contributed by atoms with van der Waals surface area (Å²) in [6.07, 6.45) is 0. The van der Waals surface area contributed by atoms with Crippen LogP contribution in [0.1, 0.15) is 0 Å². The lowest BCUT2D eigenvalue weighted by molar-refractivity contribution is 0.669. The van der Waals surface area contributed by atoms with E-state index < -0.39 is 0 Å². The van der Waals surface area contributed by atoms with Crippen LogP contribution in [-0.2, 0) is 0 Å². The van der Waals surface area contributed by atoms with E-state index in [2.05, 4.69) is 158 Å². The molecule has 0 aliphatic heterocycles. The number of rotatable bonds is 3. The number of hydrogen-bond donors (Lipinski definition) is 0. The SMILES string of the molecule is c1ccc2cc(-c3c4ccccc4c(-c4ccc(-c5cccc6c5ccc5oc7ccccc7c56)cc4)c4ccccc34)ccc2c1. The standard InChI is InChI=1S/C46H28O/c1-2-11-32-28-33(25-20-29(32)10-1)45-39-14-5-3-12-37(39)44(38-13-4-6-15-40(38)45)31-23-21-30(22-24-31)34-17-9-18-36-35(34)26-27-43-46(36)41-16-7-8-19-42(41)47-43/h1-28H. The highest BCUT2D eigenvalue weighted by Gasteiger charge is 2.17. The van der Waals surface area contributed by atoms with Gasteiger partial charge in [0.05, 0.1) is 0 Å². The summed E-state index contributed by atoms with van der Waals surface area (Å²) in [4.78, 5) is 0. The molecule has 0 spiro atoms. The van der Waals surface area contributed by atoms with E-state index >= 15 is 0 Å². The summed E-state index contributed by atoms with van der Waals surface area (Å²) < 4.78 is 6.20. The Balaban J connectivity index is 1.16. The van der Waals surface area contributed by atoms with Crippen molar-refractivity contribution in [1.82, 2.24) is 0 Å². The van der Waals surface area contributed by atoms with Crippen molar-refractivity contribution < 1.29 is 4.42 Å². The third kappa shape index (κ3) is 3.97. The first-order valence-corrected chi connectivity index (χ1v) is 16.2. The summed E-state index contributed by atoms with van der Waals surface area (Å²) in [6.45, 7) is 0. The molecular formula is C46H28O. The Morgan fingerprint density at radius 3 is 1.57 bits per heavy atom. The average molecular weight is 597 g/mol. The van der Waals surface area contributed by atoms with Crippen molar-refractivity contribution in [2.45, 2.75) is 0 Å². The summed E-state index contributed by atoms with van der Waals surface area (Å²) in [6, 6.07) is 61.6. The summed E-state index contributed by atoms with van der Waals surface area (Å²) in [5.41, 5.74) is 9.31. The Labute approximate surface area is 271 Å². The molecule has 10 aromatic rings. The Hall–Kier alpha value is -6.18. The van der Waals surface area contributed by atoms with Gasteiger partial charge >= 0.3 is 0 Å². The van der Waals surface area contributed by atoms with Gasteiger partial charge in [0.15, 0.2) is 0 Å². The topological polar surface area (TPSA) is 13.1 Å². The smallest absolute Gasteiger partial charge is 0.136 e. The van der Waals surface area contributed by atoms with Crippen molar-refractivity contribution in [1.29, 1.82) is 0 Å². The molecule has 47 heavy (non-hydrogen) atoms. The predicted octanol–water partition coefficient (Wildman–Crippen LogP) is 13.2. The lowest BCUT2D eigenvalue weighted by Gasteiger charge is -2.18. The molecule has 1 heterocycles. The van der Waals surface area contributed by atoms with Crippen LogP contribution >= 0.6 is 0 Å². The Kier molecular flexibility index (Phi) is 5.64. The van der Waals surface area contributed by atoms with Crippen molar-refractivity contribution in [3.63, 3.8) is 0 Å². The molecule has 0 atom stereocenters. The first-order valence-electron chi connectivity index (χ1n) is 16.2. The van der Waals surface area contributed by atoms with E-state index in [1.165, 1.54) is 81.9 Å². The van der Waals surface area contributed by atoms with Crippen LogP contribution in [0.15, 0.2) is 174 Å². The van der Waals surface area contributed by atoms with Gasteiger partial charge in [-0.15, -0.1) is 0 Å². The first kappa shape index (κ1) is 26.1. The van der Waals surface area contributed by atoms with Gasteiger partial charge in [-0.2, -0.15) is 0 Å². The van der Waals surface area contributed by atoms with Gasteiger partial charge in [0, 0.05) is 10.8 Å². The molecule has 9 aromatic carbocycles. The number of furan rings is 1. The molecule has 0 unspecified atom stereocenters. The molecule has 0 bridgehead atoms. The first-order chi connectivity index (χ1) is 23.3. The molecule has 0 saturated heterocycles. The minimum Gasteiger partial charge on any atom is -0.456 e. The highest BCUT2D eigenvalue weighted by atomic mass is 16.3. The van der Waals surface area contributed by atoms with Crippen molar-refractivity contribution in [2.75, 3.05) is 0 Å². The van der Waals surface area contributed by atoms with Crippen LogP contribution < -0.4 is 0 Å². The minimum absolute atomic E-state index is 0.927. The molecule has 0 radical (unpaired) electrons. The van der Waals surface area contributed by atoms with Gasteiger partial charge in [-0.1, -0.05) is 152 Å². The van der Waals surface area contributed by atoms with E-state index in [9.17, 15) is 0 Å². The molecule has 0 amide bonds. The second-order valence-electron chi connectivity index (χ2n) is 12.4. The third-order valence-electron chi connectivity index (χ3n) is 9.85. The fourth-order valence-electron chi connectivity index (χ4n) is 7.74. The lowest BCUT2D eigenvalue weighted by Crippen LogP contribution is -1.91. The van der Waals surface area contributed by atoms with Gasteiger partial charge in [0.1, 0.15) is 11.2 Å². The maximum absolute atomic E-state index is 6.20. The van der Waals surface area contributed by atoms with Gasteiger partial charge in [0.25, 0.3) is 0 Å². The van der Waals surface area contributed by atoms with Crippen molar-refractivity contribution in [2.24, 2.45) is 0 Å². The van der Waals surface area contributed by atoms with Crippen LogP contribution in [0.2, 0.25) is 0 Å². The molecule has 1 heteroatoms. The summed E-state index contributed by atoms with van der Waals surface area (Å²) in [5, 5.41) is 12.4. The second kappa shape index (κ2) is 10.2. The second-order valence-corrected chi connectivity index (χ2v) is 12.4. The maximum Gasteiger partial charge on any atom is 0.136 e. The zero-order chi connectivity index (χ0) is 30.9. The van der Waals surface area contributed by atoms with Crippen molar-refractivity contribution >= 4 is 65.0 Å². The normalized spacial score (nSPS) is 11.8. The molecule has 10 rings (SSSR count). The number of benzene rings is 9. The molecular weight excluding hydrogens is 569 g/mol. The van der Waals surface area contributed by atoms with Gasteiger partial charge in [-0.05, 0) is 94.7 Å². The largest absolute Gasteiger partial charge is 0.456 e. The monoisotopic (exact) mass is 596 g/mol. The Morgan fingerprint density at radius 1 is 0.298 bits per heavy atom. The number of hydrogen-bond acceptors (Lipinski definition) is 1. The number of para-hydroxylation sites is 1. The summed E-state index contributed by atoms with van der Waals surface area (Å²) in [5.74, 6) is 0. The molecule has 0 aliphatic rings. The third-order valence-corrected chi connectivity index (χ3v) is 9.85. The Morgan fingerprint density at radius 2 is 0.851 bits per heavy atom. The highest BCUT2D eigenvalue weighted by molar-refractivity contribution is 6.23. The molecule has 0 saturated carbocycles. The van der Waals surface area contributed by atoms with E-state index in [1.54, 1.807) is 0 Å². The van der Waals surface area contributed by atoms with Gasteiger partial charge < -0.3 is 4.42 Å². The zero-order valence-electron chi connectivity index (χ0n) is 25.6. The lowest BCUT2D eigenvalue weighted by atomic mass is 9.85. The minimum atomic E-state index is 0.927. The average Bonchev–Trinajstić information content (AvgIpc) is 3.53. The quantitative estimate of drug-likeness (QED) is 0.185. The van der Waals surface area contributed by atoms with Gasteiger partial charge in [-0.25, -0.2) is 0 Å². The van der Waals surface area contributed by atoms with Crippen molar-refractivity contribution in [3.8, 4) is 33.4 Å². The summed E-state index contributed by atoms with van der Waals surface area (Å²) in [7, 11) is 0. The van der Waals surface area contributed by atoms with E-state index in [0.717, 1.165) is 16.6 Å². The molecule has 0 aliphatic carbocycles. The molecule has 0 N–H and O–H groups in total. The number of fused-ring (bicyclic) bond motifs is 8. The van der Waals surface area contributed by atoms with E-state index in [0.29, 0.717) is 0 Å². The van der Waals surface area contributed by atoms with Crippen LogP contribution in [0.3, 0.4) is 0 Å². The highest BCUT2D eigenvalue weighted by Crippen LogP contribution is 2.45. The fourth-order valence-corrected chi connectivity index (χ4v) is 7.74. The van der Waals surface area contributed by atoms with Crippen molar-refractivity contribution in [3.05, 3.63) is 170 Å². The van der Waals surface area contributed by atoms with E-state index in [-0.39, 0.29) is 0 Å². The molecule has 1 nitrogen and oxygen atoms in total. The van der Waals surface area contributed by atoms with Crippen LogP contribution in [0.4, 0.5) is 0 Å². The maximum atomic E-state index is 6.20. The molecule has 218 valence electrons. The molecule has 1 aromatic heterocycles. The summed E-state index contributed by atoms with van der Waals surface area (Å²) >= 11 is 0. The van der Waals surface area contributed by atoms with Crippen LogP contribution in [0.5, 0.6) is 0 Å². The van der Waals surface area contributed by atoms with Gasteiger partial charge in [-0.3, -0.25) is 0 Å². The van der Waals surface area contributed by atoms with E-state index in [4.69, 9.17) is 4.42 Å². The predicted molar refractivity (Wildman–Crippen MR) is 200 cm³/mol. The van der Waals surface area contributed by atoms with Gasteiger partial charge in [0.2, 0.25) is 0 Å². The van der Waals surface area contributed by atoms with Crippen LogP contribution in [0.25, 0.3) is 98.4 Å². The molecule has 0 fully saturated rings. The fraction of sp³-hybridized carbons (Fsp3) is 0.